The van der Waals surface area contributed by atoms with Gasteiger partial charge in [-0.15, -0.1) is 0 Å². The van der Waals surface area contributed by atoms with Crippen LogP contribution in [0.4, 0.5) is 5.69 Å². The fraction of sp³-hybridized carbons (Fsp3) is 0.619. The third kappa shape index (κ3) is 3.16. The molecular formula is C21H31N5O4. The highest BCUT2D eigenvalue weighted by Gasteiger charge is 2.43. The third-order valence-electron chi connectivity index (χ3n) is 6.56. The predicted molar refractivity (Wildman–Crippen MR) is 117 cm³/mol. The van der Waals surface area contributed by atoms with Crippen LogP contribution >= 0.6 is 0 Å². The lowest BCUT2D eigenvalue weighted by Gasteiger charge is -2.29. The Kier molecular flexibility index (Phi) is 5.06. The van der Waals surface area contributed by atoms with Crippen molar-refractivity contribution in [2.75, 3.05) is 44.7 Å². The number of nitrogens with zero attached hydrogens (tertiary/aromatic N) is 3. The van der Waals surface area contributed by atoms with Gasteiger partial charge < -0.3 is 25.9 Å². The second-order valence-electron chi connectivity index (χ2n) is 9.17. The molecule has 2 atom stereocenters. The van der Waals surface area contributed by atoms with Crippen LogP contribution in [0.1, 0.15) is 32.7 Å². The van der Waals surface area contributed by atoms with Crippen LogP contribution in [0.3, 0.4) is 0 Å². The standard InChI is InChI=1S/C21H31N5O4/c1-21(2)11-24(9-14(21)15(22)10-29-3)16-8-7-13-17(18(16)30-4)25(12-5-6-12)20(28)26(23)19(13)27/h7-8,12,14-15H,5-6,9-11,22-23H2,1-4H3/t14?,15-/m0/s1. The van der Waals surface area contributed by atoms with E-state index in [0.29, 0.717) is 27.9 Å². The number of nitrogen functional groups attached to an aromatic ring is 1. The molecule has 2 aliphatic rings. The van der Waals surface area contributed by atoms with Crippen molar-refractivity contribution in [2.24, 2.45) is 17.1 Å². The van der Waals surface area contributed by atoms with Crippen molar-refractivity contribution in [3.05, 3.63) is 33.0 Å². The first kappa shape index (κ1) is 20.7. The summed E-state index contributed by atoms with van der Waals surface area (Å²) in [6, 6.07) is 3.57. The number of nitrogens with two attached hydrogens (primary N) is 2. The Morgan fingerprint density at radius 2 is 1.93 bits per heavy atom. The van der Waals surface area contributed by atoms with Gasteiger partial charge in [-0.1, -0.05) is 13.8 Å². The molecule has 2 fully saturated rings. The summed E-state index contributed by atoms with van der Waals surface area (Å²) in [5, 5.41) is 0.385. The van der Waals surface area contributed by atoms with Gasteiger partial charge in [0.2, 0.25) is 0 Å². The number of anilines is 1. The lowest BCUT2D eigenvalue weighted by atomic mass is 9.78. The van der Waals surface area contributed by atoms with Crippen molar-refractivity contribution < 1.29 is 9.47 Å². The maximum atomic E-state index is 12.8. The smallest absolute Gasteiger partial charge is 0.350 e. The summed E-state index contributed by atoms with van der Waals surface area (Å²) in [6.45, 7) is 6.41. The van der Waals surface area contributed by atoms with E-state index in [9.17, 15) is 9.59 Å². The van der Waals surface area contributed by atoms with Gasteiger partial charge in [0.25, 0.3) is 5.56 Å². The van der Waals surface area contributed by atoms with Crippen LogP contribution in [-0.4, -0.2) is 49.2 Å². The number of rotatable bonds is 6. The summed E-state index contributed by atoms with van der Waals surface area (Å²) in [4.78, 5) is 27.7. The largest absolute Gasteiger partial charge is 0.492 e. The second-order valence-corrected chi connectivity index (χ2v) is 9.17. The SMILES string of the molecule is COC[C@H](N)C1CN(c2ccc3c(=O)n(N)c(=O)n(C4CC4)c3c2OC)CC1(C)C. The summed E-state index contributed by atoms with van der Waals surface area (Å²) in [5.41, 5.74) is 6.73. The Labute approximate surface area is 175 Å². The Morgan fingerprint density at radius 3 is 2.53 bits per heavy atom. The summed E-state index contributed by atoms with van der Waals surface area (Å²) in [6.07, 6.45) is 1.76. The molecule has 1 aromatic carbocycles. The molecule has 0 amide bonds. The zero-order valence-corrected chi connectivity index (χ0v) is 18.1. The molecule has 164 valence electrons. The summed E-state index contributed by atoms with van der Waals surface area (Å²) in [7, 11) is 3.23. The third-order valence-corrected chi connectivity index (χ3v) is 6.56. The molecule has 4 rings (SSSR count). The van der Waals surface area contributed by atoms with Gasteiger partial charge in [0.1, 0.15) is 5.52 Å². The van der Waals surface area contributed by atoms with Crippen molar-refractivity contribution >= 4 is 16.6 Å². The second kappa shape index (κ2) is 7.31. The molecule has 0 spiro atoms. The molecule has 0 radical (unpaired) electrons. The van der Waals surface area contributed by atoms with E-state index in [4.69, 9.17) is 21.1 Å². The van der Waals surface area contributed by atoms with E-state index in [1.807, 2.05) is 6.07 Å². The van der Waals surface area contributed by atoms with E-state index < -0.39 is 11.2 Å². The van der Waals surface area contributed by atoms with Gasteiger partial charge in [0.05, 0.1) is 24.8 Å². The van der Waals surface area contributed by atoms with Crippen LogP contribution in [-0.2, 0) is 4.74 Å². The first-order chi connectivity index (χ1) is 14.2. The van der Waals surface area contributed by atoms with Crippen LogP contribution in [0, 0.1) is 11.3 Å². The average Bonchev–Trinajstić information content (AvgIpc) is 3.48. The molecular weight excluding hydrogens is 386 g/mol. The van der Waals surface area contributed by atoms with Gasteiger partial charge in [-0.3, -0.25) is 9.36 Å². The van der Waals surface area contributed by atoms with Crippen LogP contribution in [0.25, 0.3) is 10.9 Å². The van der Waals surface area contributed by atoms with Crippen LogP contribution in [0.15, 0.2) is 21.7 Å². The van der Waals surface area contributed by atoms with Crippen molar-refractivity contribution in [3.8, 4) is 5.75 Å². The van der Waals surface area contributed by atoms with E-state index in [2.05, 4.69) is 18.7 Å². The number of methoxy groups -OCH3 is 2. The molecule has 30 heavy (non-hydrogen) atoms. The fourth-order valence-corrected chi connectivity index (χ4v) is 4.89. The molecule has 0 bridgehead atoms. The van der Waals surface area contributed by atoms with Crippen molar-refractivity contribution in [2.45, 2.75) is 38.8 Å². The van der Waals surface area contributed by atoms with Crippen LogP contribution in [0.5, 0.6) is 5.75 Å². The van der Waals surface area contributed by atoms with Gasteiger partial charge in [0, 0.05) is 38.2 Å². The first-order valence-electron chi connectivity index (χ1n) is 10.3. The Morgan fingerprint density at radius 1 is 1.23 bits per heavy atom. The maximum Gasteiger partial charge on any atom is 0.350 e. The molecule has 1 unspecified atom stereocenters. The Balaban J connectivity index is 1.87. The summed E-state index contributed by atoms with van der Waals surface area (Å²) >= 11 is 0. The highest BCUT2D eigenvalue weighted by atomic mass is 16.5. The quantitative estimate of drug-likeness (QED) is 0.663. The average molecular weight is 418 g/mol. The minimum absolute atomic E-state index is 0.0330. The molecule has 9 heteroatoms. The minimum Gasteiger partial charge on any atom is -0.492 e. The zero-order valence-electron chi connectivity index (χ0n) is 18.1. The normalized spacial score (nSPS) is 21.9. The molecule has 1 saturated carbocycles. The van der Waals surface area contributed by atoms with Crippen molar-refractivity contribution in [3.63, 3.8) is 0 Å². The molecule has 9 nitrogen and oxygen atoms in total. The highest BCUT2D eigenvalue weighted by Crippen LogP contribution is 2.45. The van der Waals surface area contributed by atoms with Gasteiger partial charge in [-0.2, -0.15) is 4.68 Å². The Hall–Kier alpha value is -2.52. The molecule has 1 aliphatic carbocycles. The number of hydrogen-bond donors (Lipinski definition) is 2. The summed E-state index contributed by atoms with van der Waals surface area (Å²) < 4.78 is 13.4. The Bertz CT molecular complexity index is 1090. The number of benzene rings is 1. The number of hydrogen-bond acceptors (Lipinski definition) is 7. The van der Waals surface area contributed by atoms with Crippen LogP contribution in [0.2, 0.25) is 0 Å². The molecule has 2 aromatic rings. The van der Waals surface area contributed by atoms with Crippen molar-refractivity contribution in [1.29, 1.82) is 0 Å². The number of aromatic nitrogens is 2. The van der Waals surface area contributed by atoms with Gasteiger partial charge in [-0.05, 0) is 30.4 Å². The highest BCUT2D eigenvalue weighted by molar-refractivity contribution is 5.91. The van der Waals surface area contributed by atoms with E-state index in [0.717, 1.165) is 31.6 Å². The zero-order chi connectivity index (χ0) is 21.8. The molecule has 1 aliphatic heterocycles. The minimum atomic E-state index is -0.515. The molecule has 1 aromatic heterocycles. The monoisotopic (exact) mass is 417 g/mol. The first-order valence-corrected chi connectivity index (χ1v) is 10.3. The molecule has 1 saturated heterocycles. The van der Waals surface area contributed by atoms with Crippen molar-refractivity contribution in [1.82, 2.24) is 9.24 Å². The lowest BCUT2D eigenvalue weighted by Crippen LogP contribution is -2.44. The fourth-order valence-electron chi connectivity index (χ4n) is 4.89. The van der Waals surface area contributed by atoms with Gasteiger partial charge >= 0.3 is 5.69 Å². The van der Waals surface area contributed by atoms with Gasteiger partial charge in [0.15, 0.2) is 5.75 Å². The summed E-state index contributed by atoms with van der Waals surface area (Å²) in [5.74, 6) is 6.53. The van der Waals surface area contributed by atoms with E-state index >= 15 is 0 Å². The van der Waals surface area contributed by atoms with Crippen LogP contribution < -0.4 is 32.5 Å². The lowest BCUT2D eigenvalue weighted by molar-refractivity contribution is 0.130. The number of ether oxygens (including phenoxy) is 2. The van der Waals surface area contributed by atoms with E-state index in [-0.39, 0.29) is 23.4 Å². The number of fused-ring (bicyclic) bond motifs is 1. The topological polar surface area (TPSA) is 118 Å². The van der Waals surface area contributed by atoms with E-state index in [1.54, 1.807) is 24.9 Å². The molecule has 4 N–H and O–H groups in total. The maximum absolute atomic E-state index is 12.8. The predicted octanol–water partition coefficient (Wildman–Crippen LogP) is 0.657. The molecule has 2 heterocycles. The van der Waals surface area contributed by atoms with E-state index in [1.165, 1.54) is 0 Å². The van der Waals surface area contributed by atoms with Gasteiger partial charge in [-0.25, -0.2) is 4.79 Å².